The van der Waals surface area contributed by atoms with Crippen molar-refractivity contribution in [2.45, 2.75) is 32.9 Å². The number of rotatable bonds is 7. The zero-order valence-electron chi connectivity index (χ0n) is 16.8. The van der Waals surface area contributed by atoms with Crippen LogP contribution < -0.4 is 4.74 Å². The fourth-order valence-electron chi connectivity index (χ4n) is 3.88. The van der Waals surface area contributed by atoms with E-state index in [0.29, 0.717) is 0 Å². The van der Waals surface area contributed by atoms with Crippen molar-refractivity contribution in [3.63, 3.8) is 0 Å². The number of nitrogens with zero attached hydrogens (tertiary/aromatic N) is 3. The van der Waals surface area contributed by atoms with Crippen LogP contribution in [0.3, 0.4) is 0 Å². The summed E-state index contributed by atoms with van der Waals surface area (Å²) in [5, 5.41) is 4.35. The van der Waals surface area contributed by atoms with Crippen molar-refractivity contribution < 1.29 is 9.53 Å². The molecule has 5 nitrogen and oxygen atoms in total. The van der Waals surface area contributed by atoms with Crippen LogP contribution in [-0.2, 0) is 13.1 Å². The molecule has 0 radical (unpaired) electrons. The van der Waals surface area contributed by atoms with Gasteiger partial charge in [-0.15, -0.1) is 0 Å². The lowest BCUT2D eigenvalue weighted by atomic mass is 9.90. The quantitative estimate of drug-likeness (QED) is 0.545. The van der Waals surface area contributed by atoms with Gasteiger partial charge in [0.1, 0.15) is 11.5 Å². The highest BCUT2D eigenvalue weighted by Gasteiger charge is 2.26. The van der Waals surface area contributed by atoms with E-state index in [1.165, 1.54) is 5.56 Å². The molecule has 0 unspecified atom stereocenters. The number of ketones is 1. The molecule has 0 bridgehead atoms. The van der Waals surface area contributed by atoms with Gasteiger partial charge < -0.3 is 4.74 Å². The Morgan fingerprint density at radius 3 is 2.59 bits per heavy atom. The van der Waals surface area contributed by atoms with E-state index >= 15 is 0 Å². The Labute approximate surface area is 171 Å². The maximum Gasteiger partial charge on any atom is 0.167 e. The topological polar surface area (TPSA) is 47.4 Å². The summed E-state index contributed by atoms with van der Waals surface area (Å²) in [5.41, 5.74) is 1.97. The van der Waals surface area contributed by atoms with E-state index in [0.717, 1.165) is 56.1 Å². The zero-order valence-corrected chi connectivity index (χ0v) is 16.8. The minimum Gasteiger partial charge on any atom is -0.457 e. The summed E-state index contributed by atoms with van der Waals surface area (Å²) in [6, 6.07) is 17.2. The third-order valence-electron chi connectivity index (χ3n) is 5.41. The minimum atomic E-state index is 0.0471. The molecule has 0 N–H and O–H groups in total. The fraction of sp³-hybridized carbons (Fsp3) is 0.333. The smallest absolute Gasteiger partial charge is 0.167 e. The van der Waals surface area contributed by atoms with Crippen LogP contribution in [0.4, 0.5) is 0 Å². The average Bonchev–Trinajstić information content (AvgIpc) is 3.22. The Morgan fingerprint density at radius 1 is 1.10 bits per heavy atom. The Hall–Kier alpha value is -2.92. The molecule has 29 heavy (non-hydrogen) atoms. The van der Waals surface area contributed by atoms with Gasteiger partial charge in [-0.2, -0.15) is 5.10 Å². The lowest BCUT2D eigenvalue weighted by Crippen LogP contribution is -2.38. The first kappa shape index (κ1) is 19.4. The van der Waals surface area contributed by atoms with E-state index in [-0.39, 0.29) is 11.7 Å². The van der Waals surface area contributed by atoms with Gasteiger partial charge in [-0.25, -0.2) is 0 Å². The number of hydrogen-bond donors (Lipinski definition) is 0. The minimum absolute atomic E-state index is 0.0471. The van der Waals surface area contributed by atoms with Crippen LogP contribution >= 0.6 is 0 Å². The molecule has 1 fully saturated rings. The number of carbonyl (C=O) groups is 1. The standard InChI is InChI=1S/C24H27N3O2/c1-2-27-17-19(15-25-27)16-26-14-6-7-21(18-26)24(28)20-10-12-23(13-11-20)29-22-8-4-3-5-9-22/h3-5,8-13,15,17,21H,2,6-7,14,16,18H2,1H3/t21-/m1/s1. The molecule has 0 amide bonds. The van der Waals surface area contributed by atoms with Gasteiger partial charge >= 0.3 is 0 Å². The first-order chi connectivity index (χ1) is 14.2. The highest BCUT2D eigenvalue weighted by Crippen LogP contribution is 2.25. The molecular formula is C24H27N3O2. The predicted octanol–water partition coefficient (Wildman–Crippen LogP) is 4.79. The molecule has 1 aromatic heterocycles. The van der Waals surface area contributed by atoms with Crippen molar-refractivity contribution in [2.75, 3.05) is 13.1 Å². The van der Waals surface area contributed by atoms with Gasteiger partial charge in [-0.3, -0.25) is 14.4 Å². The molecule has 1 aliphatic rings. The highest BCUT2D eigenvalue weighted by molar-refractivity contribution is 5.98. The molecule has 150 valence electrons. The van der Waals surface area contributed by atoms with Crippen molar-refractivity contribution in [2.24, 2.45) is 5.92 Å². The second-order valence-electron chi connectivity index (χ2n) is 7.58. The maximum absolute atomic E-state index is 13.0. The number of aromatic nitrogens is 2. The third kappa shape index (κ3) is 4.93. The van der Waals surface area contributed by atoms with Gasteiger partial charge in [0.25, 0.3) is 0 Å². The van der Waals surface area contributed by atoms with Crippen LogP contribution in [0, 0.1) is 5.92 Å². The van der Waals surface area contributed by atoms with E-state index < -0.39 is 0 Å². The number of hydrogen-bond acceptors (Lipinski definition) is 4. The van der Waals surface area contributed by atoms with E-state index in [2.05, 4.69) is 23.1 Å². The van der Waals surface area contributed by atoms with Crippen molar-refractivity contribution >= 4 is 5.78 Å². The van der Waals surface area contributed by atoms with Gasteiger partial charge in [0, 0.05) is 42.9 Å². The van der Waals surface area contributed by atoms with Gasteiger partial charge in [0.15, 0.2) is 5.78 Å². The monoisotopic (exact) mass is 389 g/mol. The Morgan fingerprint density at radius 2 is 1.86 bits per heavy atom. The first-order valence-electron chi connectivity index (χ1n) is 10.3. The lowest BCUT2D eigenvalue weighted by Gasteiger charge is -2.31. The molecule has 0 saturated carbocycles. The second-order valence-corrected chi connectivity index (χ2v) is 7.58. The molecule has 5 heteroatoms. The second kappa shape index (κ2) is 9.05. The number of aryl methyl sites for hydroxylation is 1. The van der Waals surface area contributed by atoms with Gasteiger partial charge in [-0.05, 0) is 62.7 Å². The van der Waals surface area contributed by atoms with Crippen LogP contribution in [0.5, 0.6) is 11.5 Å². The molecule has 2 aromatic carbocycles. The van der Waals surface area contributed by atoms with Gasteiger partial charge in [-0.1, -0.05) is 18.2 Å². The van der Waals surface area contributed by atoms with E-state index in [4.69, 9.17) is 4.74 Å². The van der Waals surface area contributed by atoms with Crippen LogP contribution in [0.25, 0.3) is 0 Å². The molecular weight excluding hydrogens is 362 g/mol. The molecule has 3 aromatic rings. The summed E-state index contributed by atoms with van der Waals surface area (Å²) in [7, 11) is 0. The number of piperidine rings is 1. The fourth-order valence-corrected chi connectivity index (χ4v) is 3.88. The predicted molar refractivity (Wildman–Crippen MR) is 113 cm³/mol. The molecule has 1 aliphatic heterocycles. The van der Waals surface area contributed by atoms with Crippen molar-refractivity contribution in [3.05, 3.63) is 78.1 Å². The number of likely N-dealkylation sites (tertiary alicyclic amines) is 1. The Balaban J connectivity index is 1.36. The molecule has 1 saturated heterocycles. The van der Waals surface area contributed by atoms with Crippen molar-refractivity contribution in [1.29, 1.82) is 0 Å². The van der Waals surface area contributed by atoms with Gasteiger partial charge in [0.05, 0.1) is 6.20 Å². The molecule has 0 aliphatic carbocycles. The lowest BCUT2D eigenvalue weighted by molar-refractivity contribution is 0.0811. The first-order valence-corrected chi connectivity index (χ1v) is 10.3. The SMILES string of the molecule is CCn1cc(CN2CCC[C@@H](C(=O)c3ccc(Oc4ccccc4)cc3)C2)cn1. The number of benzene rings is 2. The number of ether oxygens (including phenoxy) is 1. The Kier molecular flexibility index (Phi) is 6.06. The van der Waals surface area contributed by atoms with E-state index in [9.17, 15) is 4.79 Å². The van der Waals surface area contributed by atoms with Crippen LogP contribution in [0.1, 0.15) is 35.7 Å². The average molecular weight is 389 g/mol. The van der Waals surface area contributed by atoms with Gasteiger partial charge in [0.2, 0.25) is 0 Å². The van der Waals surface area contributed by atoms with Crippen molar-refractivity contribution in [3.8, 4) is 11.5 Å². The summed E-state index contributed by atoms with van der Waals surface area (Å²) in [5.74, 6) is 1.81. The van der Waals surface area contributed by atoms with Crippen LogP contribution in [0.2, 0.25) is 0 Å². The summed E-state index contributed by atoms with van der Waals surface area (Å²) < 4.78 is 7.77. The molecule has 1 atom stereocenters. The summed E-state index contributed by atoms with van der Waals surface area (Å²) in [6.07, 6.45) is 6.02. The number of Topliss-reactive ketones (excluding diaryl/α,β-unsaturated/α-hetero) is 1. The third-order valence-corrected chi connectivity index (χ3v) is 5.41. The molecule has 4 rings (SSSR count). The normalized spacial score (nSPS) is 17.2. The van der Waals surface area contributed by atoms with Crippen LogP contribution in [-0.4, -0.2) is 33.6 Å². The zero-order chi connectivity index (χ0) is 20.1. The summed E-state index contributed by atoms with van der Waals surface area (Å²) in [4.78, 5) is 15.4. The summed E-state index contributed by atoms with van der Waals surface area (Å²) in [6.45, 7) is 5.66. The molecule has 0 spiro atoms. The highest BCUT2D eigenvalue weighted by atomic mass is 16.5. The van der Waals surface area contributed by atoms with E-state index in [1.54, 1.807) is 0 Å². The summed E-state index contributed by atoms with van der Waals surface area (Å²) >= 11 is 0. The van der Waals surface area contributed by atoms with E-state index in [1.807, 2.05) is 65.5 Å². The number of para-hydroxylation sites is 1. The Bertz CT molecular complexity index is 934. The largest absolute Gasteiger partial charge is 0.457 e. The number of carbonyl (C=O) groups excluding carboxylic acids is 1. The van der Waals surface area contributed by atoms with Crippen LogP contribution in [0.15, 0.2) is 67.0 Å². The molecule has 2 heterocycles. The van der Waals surface area contributed by atoms with Crippen molar-refractivity contribution in [1.82, 2.24) is 14.7 Å². The maximum atomic E-state index is 13.0.